The molecule has 0 aromatic heterocycles. The first-order valence-corrected chi connectivity index (χ1v) is 8.20. The lowest BCUT2D eigenvalue weighted by Gasteiger charge is -2.14. The summed E-state index contributed by atoms with van der Waals surface area (Å²) in [5, 5.41) is 0. The second kappa shape index (κ2) is 12.7. The molecule has 2 atom stereocenters. The SMILES string of the molecule is C=C(C)C(=O)OC(C)OCCCCCCOC(C)OC(=O)C(=C)C. The number of carbonyl (C=O) groups is 2. The fourth-order valence-electron chi connectivity index (χ4n) is 1.63. The molecule has 0 spiro atoms. The van der Waals surface area contributed by atoms with E-state index in [4.69, 9.17) is 18.9 Å². The summed E-state index contributed by atoms with van der Waals surface area (Å²) in [6.07, 6.45) is 2.56. The minimum absolute atomic E-state index is 0.355. The van der Waals surface area contributed by atoms with Crippen LogP contribution in [0.1, 0.15) is 53.4 Å². The Labute approximate surface area is 144 Å². The molecule has 0 radical (unpaired) electrons. The minimum Gasteiger partial charge on any atom is -0.433 e. The fourth-order valence-corrected chi connectivity index (χ4v) is 1.63. The Morgan fingerprint density at radius 2 is 1.08 bits per heavy atom. The normalized spacial score (nSPS) is 13.0. The van der Waals surface area contributed by atoms with Gasteiger partial charge < -0.3 is 18.9 Å². The van der Waals surface area contributed by atoms with Crippen LogP contribution in [-0.4, -0.2) is 37.7 Å². The highest BCUT2D eigenvalue weighted by Gasteiger charge is 2.10. The van der Waals surface area contributed by atoms with Gasteiger partial charge in [0.2, 0.25) is 0 Å². The smallest absolute Gasteiger partial charge is 0.335 e. The maximum absolute atomic E-state index is 11.3. The first kappa shape index (κ1) is 22.3. The van der Waals surface area contributed by atoms with Gasteiger partial charge in [-0.2, -0.15) is 0 Å². The third-order valence-electron chi connectivity index (χ3n) is 2.99. The van der Waals surface area contributed by atoms with Gasteiger partial charge in [0.1, 0.15) is 0 Å². The average molecular weight is 342 g/mol. The molecule has 0 amide bonds. The van der Waals surface area contributed by atoms with Gasteiger partial charge in [0, 0.05) is 11.1 Å². The predicted molar refractivity (Wildman–Crippen MR) is 91.1 cm³/mol. The standard InChI is InChI=1S/C18H30O6/c1-13(2)17(19)23-15(5)21-11-9-7-8-10-12-22-16(6)24-18(20)14(3)4/h15-16H,1,3,7-12H2,2,4-6H3. The Hall–Kier alpha value is -1.66. The summed E-state index contributed by atoms with van der Waals surface area (Å²) < 4.78 is 20.8. The third-order valence-corrected chi connectivity index (χ3v) is 2.99. The van der Waals surface area contributed by atoms with E-state index in [9.17, 15) is 9.59 Å². The van der Waals surface area contributed by atoms with Crippen LogP contribution in [0.3, 0.4) is 0 Å². The monoisotopic (exact) mass is 342 g/mol. The maximum Gasteiger partial charge on any atom is 0.335 e. The van der Waals surface area contributed by atoms with E-state index >= 15 is 0 Å². The summed E-state index contributed by atoms with van der Waals surface area (Å²) in [5.74, 6) is -0.887. The molecule has 0 bridgehead atoms. The molecule has 6 nitrogen and oxygen atoms in total. The molecule has 24 heavy (non-hydrogen) atoms. The van der Waals surface area contributed by atoms with Crippen LogP contribution < -0.4 is 0 Å². The molecule has 0 aliphatic heterocycles. The van der Waals surface area contributed by atoms with Crippen LogP contribution in [0.15, 0.2) is 24.3 Å². The van der Waals surface area contributed by atoms with Gasteiger partial charge in [-0.25, -0.2) is 9.59 Å². The summed E-state index contributed by atoms with van der Waals surface area (Å²) in [7, 11) is 0. The van der Waals surface area contributed by atoms with E-state index < -0.39 is 24.5 Å². The van der Waals surface area contributed by atoms with Crippen molar-refractivity contribution < 1.29 is 28.5 Å². The molecule has 0 saturated heterocycles. The van der Waals surface area contributed by atoms with Crippen molar-refractivity contribution in [1.82, 2.24) is 0 Å². The van der Waals surface area contributed by atoms with Gasteiger partial charge in [0.25, 0.3) is 0 Å². The number of hydrogen-bond acceptors (Lipinski definition) is 6. The molecule has 0 N–H and O–H groups in total. The van der Waals surface area contributed by atoms with E-state index in [1.54, 1.807) is 27.7 Å². The first-order chi connectivity index (χ1) is 11.2. The van der Waals surface area contributed by atoms with Crippen LogP contribution in [0.2, 0.25) is 0 Å². The highest BCUT2D eigenvalue weighted by molar-refractivity contribution is 5.87. The van der Waals surface area contributed by atoms with E-state index in [2.05, 4.69) is 13.2 Å². The molecular weight excluding hydrogens is 312 g/mol. The second-order valence-corrected chi connectivity index (χ2v) is 5.66. The van der Waals surface area contributed by atoms with E-state index in [1.807, 2.05) is 0 Å². The van der Waals surface area contributed by atoms with E-state index in [-0.39, 0.29) is 0 Å². The molecule has 0 aliphatic rings. The van der Waals surface area contributed by atoms with E-state index in [0.717, 1.165) is 25.7 Å². The zero-order chi connectivity index (χ0) is 18.5. The average Bonchev–Trinajstić information content (AvgIpc) is 2.49. The number of rotatable bonds is 13. The second-order valence-electron chi connectivity index (χ2n) is 5.66. The number of ether oxygens (including phenoxy) is 4. The molecule has 0 fully saturated rings. The van der Waals surface area contributed by atoms with Gasteiger partial charge in [-0.15, -0.1) is 0 Å². The van der Waals surface area contributed by atoms with Crippen molar-refractivity contribution in [2.75, 3.05) is 13.2 Å². The van der Waals surface area contributed by atoms with E-state index in [1.165, 1.54) is 0 Å². The van der Waals surface area contributed by atoms with Crippen LogP contribution >= 0.6 is 0 Å². The molecule has 138 valence electrons. The Morgan fingerprint density at radius 1 is 0.750 bits per heavy atom. The topological polar surface area (TPSA) is 71.1 Å². The quantitative estimate of drug-likeness (QED) is 0.221. The molecular formula is C18H30O6. The van der Waals surface area contributed by atoms with Crippen LogP contribution in [0.25, 0.3) is 0 Å². The zero-order valence-electron chi connectivity index (χ0n) is 15.3. The van der Waals surface area contributed by atoms with Crippen LogP contribution in [0, 0.1) is 0 Å². The van der Waals surface area contributed by atoms with Gasteiger partial charge in [0.05, 0.1) is 13.2 Å². The molecule has 0 aromatic rings. The minimum atomic E-state index is -0.568. The number of esters is 2. The van der Waals surface area contributed by atoms with Gasteiger partial charge in [-0.3, -0.25) is 0 Å². The fraction of sp³-hybridized carbons (Fsp3) is 0.667. The van der Waals surface area contributed by atoms with Gasteiger partial charge in [-0.1, -0.05) is 26.0 Å². The first-order valence-electron chi connectivity index (χ1n) is 8.20. The molecule has 0 saturated carbocycles. The summed E-state index contributed by atoms with van der Waals surface area (Å²) in [6, 6.07) is 0. The summed E-state index contributed by atoms with van der Waals surface area (Å²) in [5.41, 5.74) is 0.710. The Kier molecular flexibility index (Phi) is 11.8. The van der Waals surface area contributed by atoms with Crippen molar-refractivity contribution in [3.8, 4) is 0 Å². The van der Waals surface area contributed by atoms with Crippen LogP contribution in [0.4, 0.5) is 0 Å². The highest BCUT2D eigenvalue weighted by atomic mass is 16.7. The zero-order valence-corrected chi connectivity index (χ0v) is 15.3. The molecule has 2 unspecified atom stereocenters. The van der Waals surface area contributed by atoms with Crippen molar-refractivity contribution in [2.24, 2.45) is 0 Å². The summed E-state index contributed by atoms with van der Waals surface area (Å²) in [4.78, 5) is 22.5. The molecule has 0 aromatic carbocycles. The Morgan fingerprint density at radius 3 is 1.38 bits per heavy atom. The van der Waals surface area contributed by atoms with Crippen molar-refractivity contribution in [3.05, 3.63) is 24.3 Å². The van der Waals surface area contributed by atoms with Crippen molar-refractivity contribution in [1.29, 1.82) is 0 Å². The van der Waals surface area contributed by atoms with Crippen molar-refractivity contribution in [2.45, 2.75) is 66.0 Å². The third kappa shape index (κ3) is 11.8. The van der Waals surface area contributed by atoms with Crippen LogP contribution in [0.5, 0.6) is 0 Å². The Balaban J connectivity index is 3.51. The summed E-state index contributed by atoms with van der Waals surface area (Å²) >= 11 is 0. The lowest BCUT2D eigenvalue weighted by atomic mass is 10.2. The highest BCUT2D eigenvalue weighted by Crippen LogP contribution is 2.06. The predicted octanol–water partition coefficient (Wildman–Crippen LogP) is 3.51. The van der Waals surface area contributed by atoms with Crippen molar-refractivity contribution in [3.63, 3.8) is 0 Å². The van der Waals surface area contributed by atoms with Gasteiger partial charge in [-0.05, 0) is 40.5 Å². The number of hydrogen-bond donors (Lipinski definition) is 0. The lowest BCUT2D eigenvalue weighted by molar-refractivity contribution is -0.171. The number of carbonyl (C=O) groups excluding carboxylic acids is 2. The summed E-state index contributed by atoms with van der Waals surface area (Å²) in [6.45, 7) is 14.6. The van der Waals surface area contributed by atoms with Gasteiger partial charge in [0.15, 0.2) is 12.6 Å². The molecule has 0 heterocycles. The molecule has 0 aliphatic carbocycles. The maximum atomic E-state index is 11.3. The molecule has 0 rings (SSSR count). The largest absolute Gasteiger partial charge is 0.433 e. The van der Waals surface area contributed by atoms with Crippen molar-refractivity contribution >= 4 is 11.9 Å². The number of unbranched alkanes of at least 4 members (excludes halogenated alkanes) is 3. The lowest BCUT2D eigenvalue weighted by Crippen LogP contribution is -2.19. The van der Waals surface area contributed by atoms with E-state index in [0.29, 0.717) is 24.4 Å². The molecule has 6 heteroatoms. The Bertz CT molecular complexity index is 389. The van der Waals surface area contributed by atoms with Gasteiger partial charge >= 0.3 is 11.9 Å². The van der Waals surface area contributed by atoms with Crippen LogP contribution in [-0.2, 0) is 28.5 Å².